The van der Waals surface area contributed by atoms with Crippen LogP contribution >= 0.6 is 11.3 Å². The van der Waals surface area contributed by atoms with E-state index in [4.69, 9.17) is 4.74 Å². The highest BCUT2D eigenvalue weighted by atomic mass is 32.1. The van der Waals surface area contributed by atoms with Crippen molar-refractivity contribution in [2.24, 2.45) is 0 Å². The zero-order valence-electron chi connectivity index (χ0n) is 7.16. The maximum Gasteiger partial charge on any atom is 0.160 e. The van der Waals surface area contributed by atoms with E-state index in [0.717, 1.165) is 35.7 Å². The van der Waals surface area contributed by atoms with Crippen molar-refractivity contribution >= 4 is 17.6 Å². The van der Waals surface area contributed by atoms with Crippen LogP contribution in [0.15, 0.2) is 12.1 Å². The third-order valence-corrected chi connectivity index (χ3v) is 3.11. The van der Waals surface area contributed by atoms with Crippen molar-refractivity contribution in [1.29, 1.82) is 0 Å². The topological polar surface area (TPSA) is 38.3 Å². The SMILES string of the molecule is O=Cc1ccc([C@@H]2CNCCO2)s1. The molecule has 13 heavy (non-hydrogen) atoms. The van der Waals surface area contributed by atoms with E-state index in [1.165, 1.54) is 11.3 Å². The minimum atomic E-state index is 0.132. The van der Waals surface area contributed by atoms with Gasteiger partial charge in [0.2, 0.25) is 0 Å². The molecule has 1 saturated heterocycles. The summed E-state index contributed by atoms with van der Waals surface area (Å²) in [5.74, 6) is 0. The summed E-state index contributed by atoms with van der Waals surface area (Å²) >= 11 is 1.51. The molecule has 1 aromatic rings. The van der Waals surface area contributed by atoms with Crippen molar-refractivity contribution in [1.82, 2.24) is 5.32 Å². The molecule has 1 aliphatic heterocycles. The van der Waals surface area contributed by atoms with Crippen molar-refractivity contribution in [3.8, 4) is 0 Å². The van der Waals surface area contributed by atoms with Crippen LogP contribution in [0.1, 0.15) is 20.7 Å². The largest absolute Gasteiger partial charge is 0.370 e. The Kier molecular flexibility index (Phi) is 2.73. The summed E-state index contributed by atoms with van der Waals surface area (Å²) in [7, 11) is 0. The summed E-state index contributed by atoms with van der Waals surface area (Å²) in [4.78, 5) is 12.4. The van der Waals surface area contributed by atoms with Gasteiger partial charge in [0.1, 0.15) is 6.10 Å². The van der Waals surface area contributed by atoms with Gasteiger partial charge in [-0.3, -0.25) is 4.79 Å². The standard InChI is InChI=1S/C9H11NO2S/c11-6-7-1-2-9(13-7)8-5-10-3-4-12-8/h1-2,6,8,10H,3-5H2/t8-/m0/s1. The lowest BCUT2D eigenvalue weighted by molar-refractivity contribution is 0.0299. The second kappa shape index (κ2) is 4.00. The normalized spacial score (nSPS) is 22.9. The van der Waals surface area contributed by atoms with Crippen LogP contribution in [0.4, 0.5) is 0 Å². The molecule has 0 amide bonds. The van der Waals surface area contributed by atoms with Crippen LogP contribution in [0.2, 0.25) is 0 Å². The Labute approximate surface area is 80.7 Å². The summed E-state index contributed by atoms with van der Waals surface area (Å²) in [5, 5.41) is 3.25. The summed E-state index contributed by atoms with van der Waals surface area (Å²) in [6.07, 6.45) is 1.01. The summed E-state index contributed by atoms with van der Waals surface area (Å²) in [5.41, 5.74) is 0. The first-order valence-corrected chi connectivity index (χ1v) is 5.09. The lowest BCUT2D eigenvalue weighted by atomic mass is 10.2. The number of aldehydes is 1. The fraction of sp³-hybridized carbons (Fsp3) is 0.444. The average Bonchev–Trinajstić information content (AvgIpc) is 2.67. The highest BCUT2D eigenvalue weighted by Gasteiger charge is 2.17. The fourth-order valence-corrected chi connectivity index (χ4v) is 2.23. The number of thiophene rings is 1. The Morgan fingerprint density at radius 2 is 2.54 bits per heavy atom. The van der Waals surface area contributed by atoms with Crippen LogP contribution < -0.4 is 5.32 Å². The van der Waals surface area contributed by atoms with Gasteiger partial charge >= 0.3 is 0 Å². The molecule has 0 saturated carbocycles. The molecule has 1 fully saturated rings. The minimum absolute atomic E-state index is 0.132. The van der Waals surface area contributed by atoms with Gasteiger partial charge in [-0.1, -0.05) is 0 Å². The van der Waals surface area contributed by atoms with Crippen molar-refractivity contribution in [3.63, 3.8) is 0 Å². The Bertz CT molecular complexity index is 292. The Hall–Kier alpha value is -0.710. The van der Waals surface area contributed by atoms with Gasteiger partial charge in [0, 0.05) is 18.0 Å². The Morgan fingerprint density at radius 1 is 1.62 bits per heavy atom. The van der Waals surface area contributed by atoms with Gasteiger partial charge in [0.05, 0.1) is 11.5 Å². The van der Waals surface area contributed by atoms with E-state index < -0.39 is 0 Å². The molecule has 1 aliphatic rings. The van der Waals surface area contributed by atoms with E-state index in [9.17, 15) is 4.79 Å². The highest BCUT2D eigenvalue weighted by molar-refractivity contribution is 7.13. The maximum atomic E-state index is 10.5. The number of rotatable bonds is 2. The van der Waals surface area contributed by atoms with Crippen LogP contribution in [-0.4, -0.2) is 26.0 Å². The average molecular weight is 197 g/mol. The van der Waals surface area contributed by atoms with Crippen molar-refractivity contribution in [2.45, 2.75) is 6.10 Å². The highest BCUT2D eigenvalue weighted by Crippen LogP contribution is 2.25. The van der Waals surface area contributed by atoms with Gasteiger partial charge in [-0.2, -0.15) is 0 Å². The predicted octanol–water partition coefficient (Wildman–Crippen LogP) is 1.22. The first-order chi connectivity index (χ1) is 6.40. The summed E-state index contributed by atoms with van der Waals surface area (Å²) in [6, 6.07) is 3.80. The lowest BCUT2D eigenvalue weighted by Crippen LogP contribution is -2.32. The second-order valence-corrected chi connectivity index (χ2v) is 4.07. The molecular weight excluding hydrogens is 186 g/mol. The second-order valence-electron chi connectivity index (χ2n) is 2.92. The summed E-state index contributed by atoms with van der Waals surface area (Å²) in [6.45, 7) is 2.51. The fourth-order valence-electron chi connectivity index (χ4n) is 1.35. The molecule has 0 spiro atoms. The van der Waals surface area contributed by atoms with Crippen LogP contribution in [0.3, 0.4) is 0 Å². The number of carbonyl (C=O) groups is 1. The van der Waals surface area contributed by atoms with Gasteiger partial charge in [0.25, 0.3) is 0 Å². The van der Waals surface area contributed by atoms with Crippen LogP contribution in [0.25, 0.3) is 0 Å². The van der Waals surface area contributed by atoms with E-state index in [-0.39, 0.29) is 6.10 Å². The first kappa shape index (κ1) is 8.87. The van der Waals surface area contributed by atoms with Crippen LogP contribution in [-0.2, 0) is 4.74 Å². The van der Waals surface area contributed by atoms with Crippen molar-refractivity contribution in [2.75, 3.05) is 19.7 Å². The molecular formula is C9H11NO2S. The molecule has 2 rings (SSSR count). The van der Waals surface area contributed by atoms with E-state index in [1.54, 1.807) is 0 Å². The number of ether oxygens (including phenoxy) is 1. The molecule has 0 aromatic carbocycles. The van der Waals surface area contributed by atoms with Gasteiger partial charge in [-0.15, -0.1) is 11.3 Å². The lowest BCUT2D eigenvalue weighted by Gasteiger charge is -2.22. The third kappa shape index (κ3) is 1.96. The maximum absolute atomic E-state index is 10.5. The molecule has 0 unspecified atom stereocenters. The molecule has 0 radical (unpaired) electrons. The molecule has 2 heterocycles. The molecule has 1 atom stereocenters. The van der Waals surface area contributed by atoms with Gasteiger partial charge < -0.3 is 10.1 Å². The van der Waals surface area contributed by atoms with Gasteiger partial charge in [-0.25, -0.2) is 0 Å². The zero-order valence-corrected chi connectivity index (χ0v) is 7.97. The molecule has 1 N–H and O–H groups in total. The molecule has 3 nitrogen and oxygen atoms in total. The van der Waals surface area contributed by atoms with Gasteiger partial charge in [-0.05, 0) is 12.1 Å². The molecule has 1 aromatic heterocycles. The first-order valence-electron chi connectivity index (χ1n) is 4.27. The van der Waals surface area contributed by atoms with E-state index >= 15 is 0 Å². The number of hydrogen-bond acceptors (Lipinski definition) is 4. The van der Waals surface area contributed by atoms with Crippen LogP contribution in [0, 0.1) is 0 Å². The number of carbonyl (C=O) groups excluding carboxylic acids is 1. The van der Waals surface area contributed by atoms with E-state index in [2.05, 4.69) is 5.32 Å². The zero-order chi connectivity index (χ0) is 9.10. The predicted molar refractivity (Wildman–Crippen MR) is 51.3 cm³/mol. The van der Waals surface area contributed by atoms with Gasteiger partial charge in [0.15, 0.2) is 6.29 Å². The van der Waals surface area contributed by atoms with E-state index in [1.807, 2.05) is 12.1 Å². The summed E-state index contributed by atoms with van der Waals surface area (Å²) < 4.78 is 5.55. The van der Waals surface area contributed by atoms with E-state index in [0.29, 0.717) is 0 Å². The van der Waals surface area contributed by atoms with Crippen molar-refractivity contribution in [3.05, 3.63) is 21.9 Å². The smallest absolute Gasteiger partial charge is 0.160 e. The number of nitrogens with one attached hydrogen (secondary N) is 1. The monoisotopic (exact) mass is 197 g/mol. The minimum Gasteiger partial charge on any atom is -0.370 e. The number of morpholine rings is 1. The van der Waals surface area contributed by atoms with Crippen LogP contribution in [0.5, 0.6) is 0 Å². The molecule has 70 valence electrons. The Morgan fingerprint density at radius 3 is 3.15 bits per heavy atom. The molecule has 0 aliphatic carbocycles. The van der Waals surface area contributed by atoms with Crippen molar-refractivity contribution < 1.29 is 9.53 Å². The third-order valence-electron chi connectivity index (χ3n) is 2.01. The molecule has 0 bridgehead atoms. The number of hydrogen-bond donors (Lipinski definition) is 1. The Balaban J connectivity index is 2.09. The molecule has 4 heteroatoms. The quantitative estimate of drug-likeness (QED) is 0.724.